The molecule has 1 heterocycles. The van der Waals surface area contributed by atoms with Crippen LogP contribution in [0, 0.1) is 0 Å². The molecule has 1 fully saturated rings. The lowest BCUT2D eigenvalue weighted by atomic mass is 10.2. The van der Waals surface area contributed by atoms with Gasteiger partial charge in [-0.3, -0.25) is 9.80 Å². The SMILES string of the molecule is CC(C)(O)N1CCOCCN(C(C)(C)O)CCOCC1. The molecule has 0 aromatic rings. The monoisotopic (exact) mass is 290 g/mol. The molecule has 0 atom stereocenters. The molecule has 0 bridgehead atoms. The Kier molecular flexibility index (Phi) is 6.84. The van der Waals surface area contributed by atoms with E-state index in [4.69, 9.17) is 9.47 Å². The smallest absolute Gasteiger partial charge is 0.112 e. The number of hydrogen-bond acceptors (Lipinski definition) is 6. The van der Waals surface area contributed by atoms with Gasteiger partial charge in [-0.15, -0.1) is 0 Å². The molecule has 1 aliphatic rings. The van der Waals surface area contributed by atoms with Gasteiger partial charge in [-0.1, -0.05) is 0 Å². The molecule has 20 heavy (non-hydrogen) atoms. The highest BCUT2D eigenvalue weighted by atomic mass is 16.5. The third-order valence-electron chi connectivity index (χ3n) is 3.57. The summed E-state index contributed by atoms with van der Waals surface area (Å²) in [4.78, 5) is 3.89. The molecule has 0 amide bonds. The summed E-state index contributed by atoms with van der Waals surface area (Å²) < 4.78 is 11.2. The van der Waals surface area contributed by atoms with E-state index in [1.54, 1.807) is 27.7 Å². The minimum absolute atomic E-state index is 0.559. The normalized spacial score (nSPS) is 23.1. The number of ether oxygens (including phenoxy) is 2. The molecule has 0 aromatic heterocycles. The molecule has 1 aliphatic heterocycles. The summed E-state index contributed by atoms with van der Waals surface area (Å²) in [5, 5.41) is 20.1. The summed E-state index contributed by atoms with van der Waals surface area (Å²) in [6, 6.07) is 0. The van der Waals surface area contributed by atoms with E-state index >= 15 is 0 Å². The van der Waals surface area contributed by atoms with Crippen LogP contribution in [0.5, 0.6) is 0 Å². The first-order valence-electron chi connectivity index (χ1n) is 7.31. The van der Waals surface area contributed by atoms with Crippen molar-refractivity contribution in [1.29, 1.82) is 0 Å². The van der Waals surface area contributed by atoms with Crippen molar-refractivity contribution in [2.75, 3.05) is 52.6 Å². The molecule has 1 saturated heterocycles. The average molecular weight is 290 g/mol. The average Bonchev–Trinajstić information content (AvgIpc) is 2.26. The zero-order valence-corrected chi connectivity index (χ0v) is 13.3. The van der Waals surface area contributed by atoms with Gasteiger partial charge < -0.3 is 19.7 Å². The van der Waals surface area contributed by atoms with Gasteiger partial charge in [0.1, 0.15) is 11.4 Å². The molecule has 0 saturated carbocycles. The summed E-state index contributed by atoms with van der Waals surface area (Å²) >= 11 is 0. The molecule has 120 valence electrons. The van der Waals surface area contributed by atoms with Crippen molar-refractivity contribution in [2.24, 2.45) is 0 Å². The quantitative estimate of drug-likeness (QED) is 0.752. The lowest BCUT2D eigenvalue weighted by Crippen LogP contribution is -2.49. The van der Waals surface area contributed by atoms with Crippen LogP contribution in [0.25, 0.3) is 0 Å². The predicted molar refractivity (Wildman–Crippen MR) is 77.4 cm³/mol. The van der Waals surface area contributed by atoms with Crippen LogP contribution in [-0.2, 0) is 9.47 Å². The maximum absolute atomic E-state index is 10.1. The molecule has 2 N–H and O–H groups in total. The van der Waals surface area contributed by atoms with Crippen molar-refractivity contribution in [2.45, 2.75) is 39.1 Å². The third kappa shape index (κ3) is 6.47. The molecular formula is C14H30N2O4. The van der Waals surface area contributed by atoms with Gasteiger partial charge >= 0.3 is 0 Å². The van der Waals surface area contributed by atoms with Gasteiger partial charge in [-0.25, -0.2) is 0 Å². The Bertz CT molecular complexity index is 233. The van der Waals surface area contributed by atoms with Gasteiger partial charge in [0.2, 0.25) is 0 Å². The van der Waals surface area contributed by atoms with Crippen LogP contribution in [0.15, 0.2) is 0 Å². The van der Waals surface area contributed by atoms with E-state index in [9.17, 15) is 10.2 Å². The molecule has 0 unspecified atom stereocenters. The largest absolute Gasteiger partial charge is 0.379 e. The highest BCUT2D eigenvalue weighted by Gasteiger charge is 2.25. The summed E-state index contributed by atoms with van der Waals surface area (Å²) in [7, 11) is 0. The van der Waals surface area contributed by atoms with Crippen LogP contribution in [0.2, 0.25) is 0 Å². The van der Waals surface area contributed by atoms with Gasteiger partial charge in [0, 0.05) is 26.2 Å². The number of nitrogens with zero attached hydrogens (tertiary/aromatic N) is 2. The number of aliphatic hydroxyl groups is 2. The van der Waals surface area contributed by atoms with E-state index in [0.717, 1.165) is 0 Å². The third-order valence-corrected chi connectivity index (χ3v) is 3.57. The van der Waals surface area contributed by atoms with E-state index in [2.05, 4.69) is 0 Å². The Morgan fingerprint density at radius 2 is 0.900 bits per heavy atom. The minimum atomic E-state index is -0.865. The van der Waals surface area contributed by atoms with Crippen molar-refractivity contribution in [3.63, 3.8) is 0 Å². The zero-order valence-electron chi connectivity index (χ0n) is 13.3. The predicted octanol–water partition coefficient (Wildman–Crippen LogP) is 0.0940. The molecule has 0 aliphatic carbocycles. The molecule has 6 heteroatoms. The Morgan fingerprint density at radius 3 is 1.10 bits per heavy atom. The Labute approximate surface area is 122 Å². The van der Waals surface area contributed by atoms with Crippen molar-refractivity contribution >= 4 is 0 Å². The van der Waals surface area contributed by atoms with Crippen LogP contribution >= 0.6 is 0 Å². The second-order valence-electron chi connectivity index (χ2n) is 6.19. The molecule has 0 spiro atoms. The summed E-state index contributed by atoms with van der Waals surface area (Å²) in [6.07, 6.45) is 0. The molecular weight excluding hydrogens is 260 g/mol. The van der Waals surface area contributed by atoms with Crippen molar-refractivity contribution in [3.8, 4) is 0 Å². The van der Waals surface area contributed by atoms with Crippen LogP contribution < -0.4 is 0 Å². The van der Waals surface area contributed by atoms with Crippen LogP contribution in [0.3, 0.4) is 0 Å². The lowest BCUT2D eigenvalue weighted by molar-refractivity contribution is -0.116. The Hall–Kier alpha value is -0.240. The van der Waals surface area contributed by atoms with E-state index in [-0.39, 0.29) is 0 Å². The number of hydrogen-bond donors (Lipinski definition) is 2. The lowest BCUT2D eigenvalue weighted by Gasteiger charge is -2.36. The van der Waals surface area contributed by atoms with Gasteiger partial charge in [-0.05, 0) is 27.7 Å². The fraction of sp³-hybridized carbons (Fsp3) is 1.00. The fourth-order valence-electron chi connectivity index (χ4n) is 2.22. The second kappa shape index (κ2) is 7.68. The van der Waals surface area contributed by atoms with Gasteiger partial charge in [0.25, 0.3) is 0 Å². The second-order valence-corrected chi connectivity index (χ2v) is 6.19. The van der Waals surface area contributed by atoms with E-state index in [1.807, 2.05) is 9.80 Å². The summed E-state index contributed by atoms with van der Waals surface area (Å²) in [5.74, 6) is 0. The molecule has 6 nitrogen and oxygen atoms in total. The standard InChI is InChI=1S/C14H30N2O4/c1-13(2,17)15-5-9-19-11-7-16(14(3,4)18)8-12-20-10-6-15/h17-18H,5-12H2,1-4H3. The van der Waals surface area contributed by atoms with E-state index in [0.29, 0.717) is 52.6 Å². The first-order valence-corrected chi connectivity index (χ1v) is 7.31. The molecule has 1 rings (SSSR count). The first kappa shape index (κ1) is 17.8. The molecule has 0 aromatic carbocycles. The highest BCUT2D eigenvalue weighted by Crippen LogP contribution is 2.12. The van der Waals surface area contributed by atoms with Crippen molar-refractivity contribution in [3.05, 3.63) is 0 Å². The Balaban J connectivity index is 2.51. The zero-order chi connectivity index (χ0) is 15.2. The van der Waals surface area contributed by atoms with Gasteiger partial charge in [0.05, 0.1) is 26.4 Å². The summed E-state index contributed by atoms with van der Waals surface area (Å²) in [6.45, 7) is 12.0. The maximum Gasteiger partial charge on any atom is 0.112 e. The summed E-state index contributed by atoms with van der Waals surface area (Å²) in [5.41, 5.74) is -1.73. The van der Waals surface area contributed by atoms with Crippen LogP contribution in [0.4, 0.5) is 0 Å². The van der Waals surface area contributed by atoms with Gasteiger partial charge in [0.15, 0.2) is 0 Å². The Morgan fingerprint density at radius 1 is 0.650 bits per heavy atom. The maximum atomic E-state index is 10.1. The van der Waals surface area contributed by atoms with Gasteiger partial charge in [-0.2, -0.15) is 0 Å². The highest BCUT2D eigenvalue weighted by molar-refractivity contribution is 4.72. The van der Waals surface area contributed by atoms with Crippen molar-refractivity contribution < 1.29 is 19.7 Å². The van der Waals surface area contributed by atoms with Crippen LogP contribution in [0.1, 0.15) is 27.7 Å². The fourth-order valence-corrected chi connectivity index (χ4v) is 2.22. The first-order chi connectivity index (χ1) is 9.21. The van der Waals surface area contributed by atoms with E-state index in [1.165, 1.54) is 0 Å². The minimum Gasteiger partial charge on any atom is -0.379 e. The van der Waals surface area contributed by atoms with Crippen molar-refractivity contribution in [1.82, 2.24) is 9.80 Å². The van der Waals surface area contributed by atoms with E-state index < -0.39 is 11.4 Å². The van der Waals surface area contributed by atoms with Crippen LogP contribution in [-0.4, -0.2) is 84.1 Å². The topological polar surface area (TPSA) is 65.4 Å². The molecule has 0 radical (unpaired) electrons. The number of rotatable bonds is 2.